The lowest BCUT2D eigenvalue weighted by atomic mass is 10.1. The Hall–Kier alpha value is -2.19. The lowest BCUT2D eigenvalue weighted by molar-refractivity contribution is -0.117. The summed E-state index contributed by atoms with van der Waals surface area (Å²) >= 11 is 4.63. The van der Waals surface area contributed by atoms with Gasteiger partial charge in [0.25, 0.3) is 17.6 Å². The maximum atomic E-state index is 12.2. The van der Waals surface area contributed by atoms with Crippen LogP contribution in [-0.4, -0.2) is 37.8 Å². The van der Waals surface area contributed by atoms with Crippen molar-refractivity contribution in [1.82, 2.24) is 10.6 Å². The molecule has 2 aromatic rings. The molecule has 0 aliphatic rings. The van der Waals surface area contributed by atoms with Crippen molar-refractivity contribution in [3.8, 4) is 5.75 Å². The van der Waals surface area contributed by atoms with E-state index >= 15 is 0 Å². The quantitative estimate of drug-likeness (QED) is 0.387. The number of amides is 2. The molecule has 0 spiro atoms. The molecule has 0 aliphatic carbocycles. The van der Waals surface area contributed by atoms with E-state index in [1.54, 1.807) is 24.3 Å². The summed E-state index contributed by atoms with van der Waals surface area (Å²) in [6.07, 6.45) is 0.520. The Balaban J connectivity index is 1.77. The largest absolute Gasteiger partial charge is 0.496 e. The molecule has 25 heavy (non-hydrogen) atoms. The molecule has 1 aromatic heterocycles. The van der Waals surface area contributed by atoms with Gasteiger partial charge in [-0.05, 0) is 36.1 Å². The number of nitrogens with one attached hydrogen (secondary N) is 2. The number of methoxy groups -OCH3 is 1. The summed E-state index contributed by atoms with van der Waals surface area (Å²) in [5, 5.41) is 7.14. The fourth-order valence-electron chi connectivity index (χ4n) is 2.05. The van der Waals surface area contributed by atoms with Gasteiger partial charge in [-0.2, -0.15) is 0 Å². The number of rotatable bonds is 8. The van der Waals surface area contributed by atoms with Crippen LogP contribution in [0.15, 0.2) is 40.2 Å². The van der Waals surface area contributed by atoms with Gasteiger partial charge in [0.15, 0.2) is 0 Å². The van der Waals surface area contributed by atoms with Crippen molar-refractivity contribution in [3.63, 3.8) is 0 Å². The van der Waals surface area contributed by atoms with Gasteiger partial charge < -0.3 is 15.4 Å². The van der Waals surface area contributed by atoms with E-state index in [-0.39, 0.29) is 18.0 Å². The van der Waals surface area contributed by atoms with E-state index in [1.165, 1.54) is 18.4 Å². The molecule has 0 fully saturated rings. The number of ketones is 1. The van der Waals surface area contributed by atoms with Gasteiger partial charge >= 0.3 is 0 Å². The Bertz CT molecular complexity index is 762. The van der Waals surface area contributed by atoms with Crippen LogP contribution in [0.5, 0.6) is 5.75 Å². The summed E-state index contributed by atoms with van der Waals surface area (Å²) in [7, 11) is 1.44. The maximum absolute atomic E-state index is 12.2. The van der Waals surface area contributed by atoms with Crippen LogP contribution in [0.1, 0.15) is 26.5 Å². The third kappa shape index (κ3) is 5.40. The lowest BCUT2D eigenvalue weighted by Gasteiger charge is -2.09. The van der Waals surface area contributed by atoms with Crippen molar-refractivity contribution >= 4 is 44.9 Å². The van der Waals surface area contributed by atoms with Crippen molar-refractivity contribution in [1.29, 1.82) is 0 Å². The van der Waals surface area contributed by atoms with Crippen molar-refractivity contribution in [2.24, 2.45) is 0 Å². The second-order valence-electron chi connectivity index (χ2n) is 5.02. The monoisotopic (exact) mass is 424 g/mol. The van der Waals surface area contributed by atoms with Crippen LogP contribution in [0.25, 0.3) is 0 Å². The summed E-state index contributed by atoms with van der Waals surface area (Å²) in [4.78, 5) is 36.6. The Morgan fingerprint density at radius 3 is 2.60 bits per heavy atom. The molecule has 1 aromatic carbocycles. The van der Waals surface area contributed by atoms with Crippen LogP contribution < -0.4 is 15.4 Å². The molecule has 0 atom stereocenters. The van der Waals surface area contributed by atoms with Crippen molar-refractivity contribution < 1.29 is 19.1 Å². The van der Waals surface area contributed by atoms with E-state index in [9.17, 15) is 14.4 Å². The number of carbonyl (C=O) groups excluding carboxylic acids is 3. The molecule has 0 aliphatic heterocycles. The molecular weight excluding hydrogens is 408 g/mol. The number of hydrogen-bond donors (Lipinski definition) is 2. The lowest BCUT2D eigenvalue weighted by Crippen LogP contribution is -2.34. The summed E-state index contributed by atoms with van der Waals surface area (Å²) < 4.78 is 5.79. The minimum atomic E-state index is -0.707. The molecule has 0 saturated heterocycles. The molecule has 8 heteroatoms. The Kier molecular flexibility index (Phi) is 7.15. The first-order valence-corrected chi connectivity index (χ1v) is 9.18. The van der Waals surface area contributed by atoms with E-state index in [2.05, 4.69) is 26.6 Å². The normalized spacial score (nSPS) is 10.2. The number of hydrogen-bond acceptors (Lipinski definition) is 5. The fraction of sp³-hybridized carbons (Fsp3) is 0.235. The van der Waals surface area contributed by atoms with Gasteiger partial charge in [0.2, 0.25) is 0 Å². The molecular formula is C17H17BrN2O4S. The van der Waals surface area contributed by atoms with Gasteiger partial charge in [0, 0.05) is 17.6 Å². The zero-order valence-electron chi connectivity index (χ0n) is 13.5. The number of benzene rings is 1. The van der Waals surface area contributed by atoms with Crippen molar-refractivity contribution in [3.05, 3.63) is 50.6 Å². The molecule has 0 unspecified atom stereocenters. The third-order valence-corrected chi connectivity index (χ3v) is 4.64. The maximum Gasteiger partial charge on any atom is 0.292 e. The topological polar surface area (TPSA) is 84.5 Å². The van der Waals surface area contributed by atoms with Crippen molar-refractivity contribution in [2.45, 2.75) is 6.42 Å². The summed E-state index contributed by atoms with van der Waals surface area (Å²) in [5.41, 5.74) is 0.195. The SMILES string of the molecule is COc1ccc(Br)cc1C(=O)C(=O)NCCCNC(=O)c1cccs1. The van der Waals surface area contributed by atoms with Gasteiger partial charge in [-0.1, -0.05) is 22.0 Å². The van der Waals surface area contributed by atoms with E-state index in [1.807, 2.05) is 11.4 Å². The van der Waals surface area contributed by atoms with Gasteiger partial charge in [-0.3, -0.25) is 14.4 Å². The summed E-state index contributed by atoms with van der Waals surface area (Å²) in [6.45, 7) is 0.691. The molecule has 0 radical (unpaired) electrons. The highest BCUT2D eigenvalue weighted by atomic mass is 79.9. The first kappa shape index (κ1) is 19.1. The highest BCUT2D eigenvalue weighted by Crippen LogP contribution is 2.23. The molecule has 0 bridgehead atoms. The summed E-state index contributed by atoms with van der Waals surface area (Å²) in [5.74, 6) is -1.18. The molecule has 6 nitrogen and oxygen atoms in total. The minimum Gasteiger partial charge on any atom is -0.496 e. The second-order valence-corrected chi connectivity index (χ2v) is 6.88. The number of ether oxygens (including phenoxy) is 1. The van der Waals surface area contributed by atoms with Crippen LogP contribution in [0, 0.1) is 0 Å². The van der Waals surface area contributed by atoms with E-state index in [4.69, 9.17) is 4.74 Å². The Morgan fingerprint density at radius 1 is 1.16 bits per heavy atom. The van der Waals surface area contributed by atoms with Gasteiger partial charge in [-0.15, -0.1) is 11.3 Å². The average molecular weight is 425 g/mol. The molecule has 2 amide bonds. The molecule has 1 heterocycles. The number of carbonyl (C=O) groups is 3. The molecule has 132 valence electrons. The Labute approximate surface area is 157 Å². The fourth-order valence-corrected chi connectivity index (χ4v) is 3.05. The third-order valence-electron chi connectivity index (χ3n) is 3.28. The van der Waals surface area contributed by atoms with Crippen LogP contribution in [0.2, 0.25) is 0 Å². The summed E-state index contributed by atoms with van der Waals surface area (Å²) in [6, 6.07) is 8.43. The highest BCUT2D eigenvalue weighted by molar-refractivity contribution is 9.10. The van der Waals surface area contributed by atoms with Gasteiger partial charge in [0.05, 0.1) is 17.6 Å². The Morgan fingerprint density at radius 2 is 1.92 bits per heavy atom. The van der Waals surface area contributed by atoms with Crippen LogP contribution in [0.4, 0.5) is 0 Å². The molecule has 0 saturated carbocycles. The predicted molar refractivity (Wildman–Crippen MR) is 99.3 cm³/mol. The first-order valence-electron chi connectivity index (χ1n) is 7.50. The molecule has 2 rings (SSSR count). The highest BCUT2D eigenvalue weighted by Gasteiger charge is 2.20. The number of Topliss-reactive ketones (excluding diaryl/α,β-unsaturated/α-hetero) is 1. The zero-order chi connectivity index (χ0) is 18.2. The smallest absolute Gasteiger partial charge is 0.292 e. The number of halogens is 1. The van der Waals surface area contributed by atoms with E-state index in [0.29, 0.717) is 28.1 Å². The van der Waals surface area contributed by atoms with Crippen molar-refractivity contribution in [2.75, 3.05) is 20.2 Å². The second kappa shape index (κ2) is 9.33. The first-order chi connectivity index (χ1) is 12.0. The van der Waals surface area contributed by atoms with Gasteiger partial charge in [-0.25, -0.2) is 0 Å². The minimum absolute atomic E-state index is 0.142. The molecule has 2 N–H and O–H groups in total. The average Bonchev–Trinajstić information content (AvgIpc) is 3.15. The van der Waals surface area contributed by atoms with Gasteiger partial charge in [0.1, 0.15) is 5.75 Å². The van der Waals surface area contributed by atoms with E-state index < -0.39 is 11.7 Å². The van der Waals surface area contributed by atoms with Crippen LogP contribution in [0.3, 0.4) is 0 Å². The standard InChI is InChI=1S/C17H17BrN2O4S/c1-24-13-6-5-11(18)10-12(13)15(21)17(23)20-8-3-7-19-16(22)14-4-2-9-25-14/h2,4-6,9-10H,3,7-8H2,1H3,(H,19,22)(H,20,23). The predicted octanol–water partition coefficient (Wildman–Crippen LogP) is 2.64. The zero-order valence-corrected chi connectivity index (χ0v) is 15.9. The van der Waals surface area contributed by atoms with Crippen LogP contribution in [-0.2, 0) is 4.79 Å². The van der Waals surface area contributed by atoms with Crippen LogP contribution >= 0.6 is 27.3 Å². The van der Waals surface area contributed by atoms with E-state index in [0.717, 1.165) is 0 Å². The number of thiophene rings is 1.